The van der Waals surface area contributed by atoms with E-state index in [4.69, 9.17) is 0 Å². The van der Waals surface area contributed by atoms with Crippen LogP contribution in [0.5, 0.6) is 0 Å². The summed E-state index contributed by atoms with van der Waals surface area (Å²) in [6.07, 6.45) is -9.13. The molecule has 1 fully saturated rings. The van der Waals surface area contributed by atoms with Crippen LogP contribution < -0.4 is 0 Å². The van der Waals surface area contributed by atoms with Gasteiger partial charge in [-0.3, -0.25) is 4.79 Å². The fraction of sp³-hybridized carbons (Fsp3) is 0.471. The van der Waals surface area contributed by atoms with Crippen molar-refractivity contribution in [3.05, 3.63) is 35.7 Å². The highest BCUT2D eigenvalue weighted by atomic mass is 19.4. The molecule has 1 aromatic carbocycles. The standard InChI is InChI=1S/C17H15F6N3O2/c18-16(19,20)7-13(27)26(8-10-1-2-10)9-11-3-5-12(6-4-11)14-24-15(28-25-14)17(21,22)23/h3-6,10H,1-2,7-9H2. The van der Waals surface area contributed by atoms with Gasteiger partial charge in [0.15, 0.2) is 0 Å². The highest BCUT2D eigenvalue weighted by Crippen LogP contribution is 2.32. The van der Waals surface area contributed by atoms with Crippen molar-refractivity contribution in [3.63, 3.8) is 0 Å². The smallest absolute Gasteiger partial charge is 0.338 e. The lowest BCUT2D eigenvalue weighted by Gasteiger charge is -2.23. The van der Waals surface area contributed by atoms with Gasteiger partial charge in [-0.05, 0) is 24.3 Å². The van der Waals surface area contributed by atoms with Crippen molar-refractivity contribution in [3.8, 4) is 11.4 Å². The second-order valence-corrected chi connectivity index (χ2v) is 6.63. The minimum absolute atomic E-state index is 0.0221. The van der Waals surface area contributed by atoms with Crippen molar-refractivity contribution in [2.75, 3.05) is 6.54 Å². The van der Waals surface area contributed by atoms with Crippen LogP contribution in [0.25, 0.3) is 11.4 Å². The van der Waals surface area contributed by atoms with Gasteiger partial charge < -0.3 is 9.42 Å². The fourth-order valence-electron chi connectivity index (χ4n) is 2.59. The predicted molar refractivity (Wildman–Crippen MR) is 83.5 cm³/mol. The van der Waals surface area contributed by atoms with Crippen LogP contribution >= 0.6 is 0 Å². The summed E-state index contributed by atoms with van der Waals surface area (Å²) in [4.78, 5) is 16.4. The van der Waals surface area contributed by atoms with E-state index in [0.717, 1.165) is 17.7 Å². The van der Waals surface area contributed by atoms with Gasteiger partial charge in [0.1, 0.15) is 6.42 Å². The molecule has 0 atom stereocenters. The highest BCUT2D eigenvalue weighted by Gasteiger charge is 2.38. The molecule has 0 aliphatic heterocycles. The molecule has 1 amide bonds. The first-order valence-corrected chi connectivity index (χ1v) is 8.36. The molecule has 1 aliphatic carbocycles. The molecular formula is C17H15F6N3O2. The van der Waals surface area contributed by atoms with E-state index in [2.05, 4.69) is 14.7 Å². The van der Waals surface area contributed by atoms with Crippen LogP contribution in [0.15, 0.2) is 28.8 Å². The van der Waals surface area contributed by atoms with Crippen LogP contribution in [-0.2, 0) is 17.5 Å². The first-order valence-electron chi connectivity index (χ1n) is 8.36. The molecule has 0 bridgehead atoms. The Bertz CT molecular complexity index is 825. The van der Waals surface area contributed by atoms with Gasteiger partial charge in [-0.2, -0.15) is 31.3 Å². The zero-order valence-corrected chi connectivity index (χ0v) is 14.3. The summed E-state index contributed by atoms with van der Waals surface area (Å²) in [6, 6.07) is 5.84. The zero-order chi connectivity index (χ0) is 20.5. The largest absolute Gasteiger partial charge is 0.471 e. The number of alkyl halides is 6. The molecule has 2 aromatic rings. The van der Waals surface area contributed by atoms with Crippen molar-refractivity contribution in [2.45, 2.75) is 38.2 Å². The molecule has 28 heavy (non-hydrogen) atoms. The van der Waals surface area contributed by atoms with Gasteiger partial charge in [0.05, 0.1) is 0 Å². The Morgan fingerprint density at radius 3 is 2.25 bits per heavy atom. The van der Waals surface area contributed by atoms with Gasteiger partial charge in [-0.1, -0.05) is 29.4 Å². The molecule has 152 valence electrons. The van der Waals surface area contributed by atoms with Gasteiger partial charge in [0.2, 0.25) is 11.7 Å². The zero-order valence-electron chi connectivity index (χ0n) is 14.3. The molecule has 0 radical (unpaired) electrons. The van der Waals surface area contributed by atoms with Gasteiger partial charge >= 0.3 is 18.2 Å². The molecule has 0 N–H and O–H groups in total. The highest BCUT2D eigenvalue weighted by molar-refractivity contribution is 5.77. The van der Waals surface area contributed by atoms with Crippen LogP contribution in [0.3, 0.4) is 0 Å². The van der Waals surface area contributed by atoms with Crippen LogP contribution in [-0.4, -0.2) is 33.7 Å². The number of hydrogen-bond donors (Lipinski definition) is 0. The van der Waals surface area contributed by atoms with E-state index in [9.17, 15) is 31.1 Å². The fourth-order valence-corrected chi connectivity index (χ4v) is 2.59. The molecule has 1 aliphatic rings. The normalized spacial score (nSPS) is 14.9. The van der Waals surface area contributed by atoms with E-state index in [1.807, 2.05) is 0 Å². The van der Waals surface area contributed by atoms with Gasteiger partial charge in [0, 0.05) is 18.7 Å². The third-order valence-corrected chi connectivity index (χ3v) is 4.13. The molecule has 1 aromatic heterocycles. The van der Waals surface area contributed by atoms with E-state index < -0.39 is 30.6 Å². The Kier molecular flexibility index (Phi) is 5.35. The van der Waals surface area contributed by atoms with Gasteiger partial charge in [-0.15, -0.1) is 0 Å². The van der Waals surface area contributed by atoms with Crippen molar-refractivity contribution in [1.82, 2.24) is 15.0 Å². The molecule has 0 unspecified atom stereocenters. The molecule has 5 nitrogen and oxygen atoms in total. The Morgan fingerprint density at radius 2 is 1.75 bits per heavy atom. The van der Waals surface area contributed by atoms with E-state index in [1.54, 1.807) is 0 Å². The van der Waals surface area contributed by atoms with Crippen molar-refractivity contribution >= 4 is 5.91 Å². The number of aromatic nitrogens is 2. The monoisotopic (exact) mass is 407 g/mol. The first-order chi connectivity index (χ1) is 13.0. The lowest BCUT2D eigenvalue weighted by atomic mass is 10.1. The first kappa shape index (κ1) is 20.2. The van der Waals surface area contributed by atoms with Crippen LogP contribution in [0.4, 0.5) is 26.3 Å². The van der Waals surface area contributed by atoms with E-state index in [1.165, 1.54) is 24.3 Å². The second-order valence-electron chi connectivity index (χ2n) is 6.63. The number of amides is 1. The number of benzene rings is 1. The third kappa shape index (κ3) is 5.46. The third-order valence-electron chi connectivity index (χ3n) is 4.13. The van der Waals surface area contributed by atoms with Crippen molar-refractivity contribution in [1.29, 1.82) is 0 Å². The Morgan fingerprint density at radius 1 is 1.11 bits per heavy atom. The maximum absolute atomic E-state index is 12.5. The summed E-state index contributed by atoms with van der Waals surface area (Å²) in [7, 11) is 0. The number of hydrogen-bond acceptors (Lipinski definition) is 4. The lowest BCUT2D eigenvalue weighted by molar-refractivity contribution is -0.162. The average molecular weight is 407 g/mol. The maximum atomic E-state index is 12.5. The number of halogens is 6. The SMILES string of the molecule is O=C(CC(F)(F)F)N(Cc1ccc(-c2noc(C(F)(F)F)n2)cc1)CC1CC1. The van der Waals surface area contributed by atoms with Crippen LogP contribution in [0, 0.1) is 5.92 Å². The van der Waals surface area contributed by atoms with Crippen LogP contribution in [0.2, 0.25) is 0 Å². The lowest BCUT2D eigenvalue weighted by Crippen LogP contribution is -2.35. The molecule has 0 saturated heterocycles. The molecule has 3 rings (SSSR count). The van der Waals surface area contributed by atoms with Crippen LogP contribution in [0.1, 0.15) is 30.7 Å². The molecule has 0 spiro atoms. The summed E-state index contributed by atoms with van der Waals surface area (Å²) >= 11 is 0. The number of carbonyl (C=O) groups is 1. The summed E-state index contributed by atoms with van der Waals surface area (Å²) in [5.41, 5.74) is 0.790. The predicted octanol–water partition coefficient (Wildman–Crippen LogP) is 4.45. The van der Waals surface area contributed by atoms with Crippen molar-refractivity contribution in [2.24, 2.45) is 5.92 Å². The number of carbonyl (C=O) groups excluding carboxylic acids is 1. The molecule has 11 heteroatoms. The summed E-state index contributed by atoms with van der Waals surface area (Å²) < 4.78 is 79.3. The molecular weight excluding hydrogens is 392 g/mol. The van der Waals surface area contributed by atoms with Crippen molar-refractivity contribution < 1.29 is 35.7 Å². The van der Waals surface area contributed by atoms with Gasteiger partial charge in [-0.25, -0.2) is 0 Å². The minimum Gasteiger partial charge on any atom is -0.338 e. The summed E-state index contributed by atoms with van der Waals surface area (Å²) in [5.74, 6) is -2.53. The second kappa shape index (κ2) is 7.44. The number of rotatable bonds is 6. The maximum Gasteiger partial charge on any atom is 0.471 e. The molecule has 1 heterocycles. The topological polar surface area (TPSA) is 59.2 Å². The average Bonchev–Trinajstić information content (AvgIpc) is 3.24. The number of nitrogens with zero attached hydrogens (tertiary/aromatic N) is 3. The minimum atomic E-state index is -4.76. The Labute approximate surface area is 155 Å². The Hall–Kier alpha value is -2.59. The Balaban J connectivity index is 1.70. The van der Waals surface area contributed by atoms with E-state index >= 15 is 0 Å². The summed E-state index contributed by atoms with van der Waals surface area (Å²) in [5, 5.41) is 3.26. The van der Waals surface area contributed by atoms with E-state index in [0.29, 0.717) is 5.56 Å². The quantitative estimate of drug-likeness (QED) is 0.664. The van der Waals surface area contributed by atoms with E-state index in [-0.39, 0.29) is 30.4 Å². The summed E-state index contributed by atoms with van der Waals surface area (Å²) in [6.45, 7) is 0.224. The van der Waals surface area contributed by atoms with Gasteiger partial charge in [0.25, 0.3) is 0 Å². The molecule has 1 saturated carbocycles.